The van der Waals surface area contributed by atoms with E-state index in [1.54, 1.807) is 24.3 Å². The van der Waals surface area contributed by atoms with E-state index in [-0.39, 0.29) is 5.84 Å². The second kappa shape index (κ2) is 6.99. The molecule has 21 heavy (non-hydrogen) atoms. The summed E-state index contributed by atoms with van der Waals surface area (Å²) in [6.07, 6.45) is 0. The van der Waals surface area contributed by atoms with Crippen LogP contribution in [0.2, 0.25) is 5.02 Å². The van der Waals surface area contributed by atoms with E-state index in [1.165, 1.54) is 0 Å². The van der Waals surface area contributed by atoms with Crippen molar-refractivity contribution < 1.29 is 9.47 Å². The molecular weight excluding hydrogens is 288 g/mol. The SMILES string of the molecule is Cc1cc(OCCOc2ccc(C(=N)N)cc2)ccc1Cl. The first-order chi connectivity index (χ1) is 10.1. The second-order valence-corrected chi connectivity index (χ2v) is 4.95. The van der Waals surface area contributed by atoms with E-state index in [9.17, 15) is 0 Å². The Balaban J connectivity index is 1.79. The van der Waals surface area contributed by atoms with Crippen LogP contribution in [0.5, 0.6) is 11.5 Å². The lowest BCUT2D eigenvalue weighted by Gasteiger charge is -2.09. The molecule has 0 radical (unpaired) electrons. The molecule has 0 aliphatic rings. The number of halogens is 1. The van der Waals surface area contributed by atoms with Crippen LogP contribution in [0, 0.1) is 12.3 Å². The molecule has 0 atom stereocenters. The van der Waals surface area contributed by atoms with E-state index in [0.717, 1.165) is 22.1 Å². The average Bonchev–Trinajstić information content (AvgIpc) is 2.47. The Bertz CT molecular complexity index is 627. The largest absolute Gasteiger partial charge is 0.490 e. The molecular formula is C16H17ClN2O2. The normalized spacial score (nSPS) is 10.2. The quantitative estimate of drug-likeness (QED) is 0.488. The first-order valence-corrected chi connectivity index (χ1v) is 6.90. The highest BCUT2D eigenvalue weighted by atomic mass is 35.5. The number of ether oxygens (including phenoxy) is 2. The highest BCUT2D eigenvalue weighted by molar-refractivity contribution is 6.31. The van der Waals surface area contributed by atoms with Crippen molar-refractivity contribution in [2.75, 3.05) is 13.2 Å². The highest BCUT2D eigenvalue weighted by Crippen LogP contribution is 2.21. The third kappa shape index (κ3) is 4.39. The van der Waals surface area contributed by atoms with Gasteiger partial charge in [-0.2, -0.15) is 0 Å². The van der Waals surface area contributed by atoms with Gasteiger partial charge in [-0.15, -0.1) is 0 Å². The summed E-state index contributed by atoms with van der Waals surface area (Å²) in [6.45, 7) is 2.80. The predicted octanol–water partition coefficient (Wildman–Crippen LogP) is 3.39. The molecule has 0 saturated carbocycles. The third-order valence-electron chi connectivity index (χ3n) is 2.92. The summed E-state index contributed by atoms with van der Waals surface area (Å²) in [7, 11) is 0. The van der Waals surface area contributed by atoms with E-state index in [1.807, 2.05) is 25.1 Å². The summed E-state index contributed by atoms with van der Waals surface area (Å²) in [4.78, 5) is 0. The Hall–Kier alpha value is -2.20. The van der Waals surface area contributed by atoms with Crippen LogP contribution in [0.25, 0.3) is 0 Å². The van der Waals surface area contributed by atoms with Gasteiger partial charge >= 0.3 is 0 Å². The minimum Gasteiger partial charge on any atom is -0.490 e. The Morgan fingerprint density at radius 3 is 2.19 bits per heavy atom. The van der Waals surface area contributed by atoms with Crippen molar-refractivity contribution >= 4 is 17.4 Å². The van der Waals surface area contributed by atoms with Crippen molar-refractivity contribution in [3.63, 3.8) is 0 Å². The summed E-state index contributed by atoms with van der Waals surface area (Å²) in [5, 5.41) is 8.03. The van der Waals surface area contributed by atoms with E-state index < -0.39 is 0 Å². The van der Waals surface area contributed by atoms with Crippen LogP contribution >= 0.6 is 11.6 Å². The number of benzene rings is 2. The first-order valence-electron chi connectivity index (χ1n) is 6.52. The lowest BCUT2D eigenvalue weighted by Crippen LogP contribution is -2.11. The molecule has 0 bridgehead atoms. The maximum Gasteiger partial charge on any atom is 0.122 e. The highest BCUT2D eigenvalue weighted by Gasteiger charge is 2.00. The van der Waals surface area contributed by atoms with Gasteiger partial charge in [-0.05, 0) is 55.0 Å². The van der Waals surface area contributed by atoms with Crippen molar-refractivity contribution in [2.24, 2.45) is 5.73 Å². The van der Waals surface area contributed by atoms with Gasteiger partial charge in [-0.25, -0.2) is 0 Å². The zero-order valence-electron chi connectivity index (χ0n) is 11.7. The van der Waals surface area contributed by atoms with Gasteiger partial charge in [0, 0.05) is 10.6 Å². The average molecular weight is 305 g/mol. The van der Waals surface area contributed by atoms with Crippen molar-refractivity contribution in [3.05, 3.63) is 58.6 Å². The Kier molecular flexibility index (Phi) is 5.06. The van der Waals surface area contributed by atoms with Crippen LogP contribution in [-0.4, -0.2) is 19.0 Å². The van der Waals surface area contributed by atoms with Crippen molar-refractivity contribution in [1.82, 2.24) is 0 Å². The zero-order chi connectivity index (χ0) is 15.2. The number of nitrogens with one attached hydrogen (secondary N) is 1. The fourth-order valence-corrected chi connectivity index (χ4v) is 1.87. The predicted molar refractivity (Wildman–Crippen MR) is 84.6 cm³/mol. The van der Waals surface area contributed by atoms with Crippen LogP contribution in [0.1, 0.15) is 11.1 Å². The monoisotopic (exact) mass is 304 g/mol. The van der Waals surface area contributed by atoms with Crippen LogP contribution < -0.4 is 15.2 Å². The Morgan fingerprint density at radius 1 is 1.05 bits per heavy atom. The first kappa shape index (κ1) is 15.2. The smallest absolute Gasteiger partial charge is 0.122 e. The molecule has 0 amide bonds. The molecule has 2 rings (SSSR count). The summed E-state index contributed by atoms with van der Waals surface area (Å²) in [5.74, 6) is 1.53. The fraction of sp³-hybridized carbons (Fsp3) is 0.188. The summed E-state index contributed by atoms with van der Waals surface area (Å²) in [5.41, 5.74) is 7.04. The molecule has 2 aromatic rings. The molecule has 5 heteroatoms. The number of hydrogen-bond donors (Lipinski definition) is 2. The molecule has 2 aromatic carbocycles. The number of aryl methyl sites for hydroxylation is 1. The lowest BCUT2D eigenvalue weighted by molar-refractivity contribution is 0.217. The van der Waals surface area contributed by atoms with Gasteiger partial charge in [0.25, 0.3) is 0 Å². The minimum absolute atomic E-state index is 0.0444. The molecule has 4 nitrogen and oxygen atoms in total. The molecule has 0 spiro atoms. The molecule has 0 saturated heterocycles. The summed E-state index contributed by atoms with van der Waals surface area (Å²) in [6, 6.07) is 12.6. The Morgan fingerprint density at radius 2 is 1.62 bits per heavy atom. The van der Waals surface area contributed by atoms with E-state index >= 15 is 0 Å². The number of nitrogens with two attached hydrogens (primary N) is 1. The number of hydrogen-bond acceptors (Lipinski definition) is 3. The Labute approximate surface area is 129 Å². The number of rotatable bonds is 6. The molecule has 0 aliphatic carbocycles. The van der Waals surface area contributed by atoms with Gasteiger partial charge in [0.2, 0.25) is 0 Å². The van der Waals surface area contributed by atoms with Gasteiger partial charge in [0.05, 0.1) is 0 Å². The number of nitrogen functional groups attached to an aromatic ring is 1. The topological polar surface area (TPSA) is 68.3 Å². The standard InChI is InChI=1S/C16H17ClN2O2/c1-11-10-14(6-7-15(11)17)21-9-8-20-13-4-2-12(3-5-13)16(18)19/h2-7,10H,8-9H2,1H3,(H3,18,19). The minimum atomic E-state index is 0.0444. The zero-order valence-corrected chi connectivity index (χ0v) is 12.5. The van der Waals surface area contributed by atoms with Gasteiger partial charge in [-0.3, -0.25) is 5.41 Å². The summed E-state index contributed by atoms with van der Waals surface area (Å²) >= 11 is 5.95. The molecule has 110 valence electrons. The molecule has 0 aliphatic heterocycles. The maximum atomic E-state index is 7.31. The molecule has 0 aromatic heterocycles. The van der Waals surface area contributed by atoms with Gasteiger partial charge < -0.3 is 15.2 Å². The lowest BCUT2D eigenvalue weighted by atomic mass is 10.2. The van der Waals surface area contributed by atoms with Crippen LogP contribution in [0.4, 0.5) is 0 Å². The van der Waals surface area contributed by atoms with Crippen LogP contribution in [0.3, 0.4) is 0 Å². The van der Waals surface area contributed by atoms with E-state index in [4.69, 9.17) is 32.2 Å². The van der Waals surface area contributed by atoms with Gasteiger partial charge in [-0.1, -0.05) is 11.6 Å². The van der Waals surface area contributed by atoms with Crippen LogP contribution in [-0.2, 0) is 0 Å². The van der Waals surface area contributed by atoms with Crippen molar-refractivity contribution in [2.45, 2.75) is 6.92 Å². The van der Waals surface area contributed by atoms with E-state index in [0.29, 0.717) is 18.8 Å². The molecule has 0 fully saturated rings. The van der Waals surface area contributed by atoms with Crippen molar-refractivity contribution in [3.8, 4) is 11.5 Å². The number of amidine groups is 1. The van der Waals surface area contributed by atoms with Gasteiger partial charge in [0.1, 0.15) is 30.5 Å². The third-order valence-corrected chi connectivity index (χ3v) is 3.34. The molecule has 0 heterocycles. The maximum absolute atomic E-state index is 7.31. The summed E-state index contributed by atoms with van der Waals surface area (Å²) < 4.78 is 11.1. The molecule has 3 N–H and O–H groups in total. The van der Waals surface area contributed by atoms with Crippen molar-refractivity contribution in [1.29, 1.82) is 5.41 Å². The van der Waals surface area contributed by atoms with E-state index in [2.05, 4.69) is 0 Å². The van der Waals surface area contributed by atoms with Crippen LogP contribution in [0.15, 0.2) is 42.5 Å². The fourth-order valence-electron chi connectivity index (χ4n) is 1.76. The molecule has 0 unspecified atom stereocenters. The van der Waals surface area contributed by atoms with Gasteiger partial charge in [0.15, 0.2) is 0 Å². The second-order valence-electron chi connectivity index (χ2n) is 4.55.